The van der Waals surface area contributed by atoms with Crippen LogP contribution in [0.2, 0.25) is 0 Å². The Labute approximate surface area is 84.6 Å². The van der Waals surface area contributed by atoms with Crippen molar-refractivity contribution in [2.24, 2.45) is 0 Å². The molecule has 1 aromatic rings. The third-order valence-electron chi connectivity index (χ3n) is 2.21. The molecular weight excluding hydrogens is 179 g/mol. The highest BCUT2D eigenvalue weighted by Gasteiger charge is 2.07. The monoisotopic (exact) mass is 195 g/mol. The van der Waals surface area contributed by atoms with Gasteiger partial charge in [-0.05, 0) is 36.6 Å². The Morgan fingerprint density at radius 3 is 2.71 bits per heavy atom. The van der Waals surface area contributed by atoms with Gasteiger partial charge in [-0.15, -0.1) is 0 Å². The molecule has 0 aliphatic carbocycles. The number of aliphatic hydroxyl groups excluding tert-OH is 1. The van der Waals surface area contributed by atoms with E-state index in [2.05, 4.69) is 13.8 Å². The molecule has 1 nitrogen and oxygen atoms in total. The average Bonchev–Trinajstić information content (AvgIpc) is 2.16. The van der Waals surface area contributed by atoms with Crippen LogP contribution in [0.25, 0.3) is 0 Å². The van der Waals surface area contributed by atoms with Gasteiger partial charge in [0.05, 0.1) is 0 Å². The van der Waals surface area contributed by atoms with Crippen LogP contribution in [-0.4, -0.2) is 11.7 Å². The van der Waals surface area contributed by atoms with Crippen LogP contribution in [0.4, 0.5) is 4.39 Å². The molecule has 0 heterocycles. The van der Waals surface area contributed by atoms with Crippen molar-refractivity contribution < 1.29 is 9.50 Å². The van der Waals surface area contributed by atoms with Gasteiger partial charge < -0.3 is 5.11 Å². The standard InChI is InChI=1S/C12H16FO/c1-3-4-10-5-11(9(2)8-14)7-12(13)6-10/h5-7,9,14H,2-4,8H2,1H3. The predicted molar refractivity (Wildman–Crippen MR) is 55.6 cm³/mol. The van der Waals surface area contributed by atoms with Gasteiger partial charge in [-0.3, -0.25) is 0 Å². The Kier molecular flexibility index (Phi) is 4.08. The first-order valence-electron chi connectivity index (χ1n) is 4.90. The zero-order valence-electron chi connectivity index (χ0n) is 8.46. The molecule has 1 unspecified atom stereocenters. The molecule has 0 aliphatic rings. The van der Waals surface area contributed by atoms with Gasteiger partial charge in [-0.1, -0.05) is 19.4 Å². The maximum Gasteiger partial charge on any atom is 0.123 e. The highest BCUT2D eigenvalue weighted by Crippen LogP contribution is 2.18. The lowest BCUT2D eigenvalue weighted by Crippen LogP contribution is -2.01. The van der Waals surface area contributed by atoms with E-state index >= 15 is 0 Å². The van der Waals surface area contributed by atoms with Gasteiger partial charge in [0.2, 0.25) is 0 Å². The number of halogens is 1. The zero-order chi connectivity index (χ0) is 10.6. The predicted octanol–water partition coefficient (Wildman–Crippen LogP) is 2.69. The van der Waals surface area contributed by atoms with Gasteiger partial charge in [-0.2, -0.15) is 0 Å². The van der Waals surface area contributed by atoms with Gasteiger partial charge >= 0.3 is 0 Å². The molecule has 0 saturated carbocycles. The van der Waals surface area contributed by atoms with Gasteiger partial charge in [-0.25, -0.2) is 4.39 Å². The van der Waals surface area contributed by atoms with E-state index in [1.54, 1.807) is 0 Å². The van der Waals surface area contributed by atoms with E-state index in [1.165, 1.54) is 12.1 Å². The van der Waals surface area contributed by atoms with Crippen LogP contribution in [-0.2, 0) is 6.42 Å². The molecule has 0 fully saturated rings. The molecule has 0 bridgehead atoms. The van der Waals surface area contributed by atoms with Crippen molar-refractivity contribution in [1.29, 1.82) is 0 Å². The van der Waals surface area contributed by atoms with Crippen LogP contribution in [0, 0.1) is 12.7 Å². The molecule has 77 valence electrons. The Hall–Kier alpha value is -0.890. The third-order valence-corrected chi connectivity index (χ3v) is 2.21. The van der Waals surface area contributed by atoms with Crippen LogP contribution in [0.15, 0.2) is 18.2 Å². The minimum absolute atomic E-state index is 0.0466. The second kappa shape index (κ2) is 5.11. The van der Waals surface area contributed by atoms with Crippen LogP contribution in [0.5, 0.6) is 0 Å². The number of rotatable bonds is 4. The van der Waals surface area contributed by atoms with Crippen molar-refractivity contribution >= 4 is 0 Å². The number of aliphatic hydroxyl groups is 1. The fourth-order valence-corrected chi connectivity index (χ4v) is 1.45. The summed E-state index contributed by atoms with van der Waals surface area (Å²) in [6, 6.07) is 4.89. The van der Waals surface area contributed by atoms with Crippen molar-refractivity contribution in [3.63, 3.8) is 0 Å². The van der Waals surface area contributed by atoms with Crippen molar-refractivity contribution in [3.8, 4) is 0 Å². The summed E-state index contributed by atoms with van der Waals surface area (Å²) in [5, 5.41) is 8.91. The fourth-order valence-electron chi connectivity index (χ4n) is 1.45. The highest BCUT2D eigenvalue weighted by atomic mass is 19.1. The lowest BCUT2D eigenvalue weighted by molar-refractivity contribution is 0.282. The van der Waals surface area contributed by atoms with E-state index < -0.39 is 0 Å². The normalized spacial score (nSPS) is 12.9. The minimum Gasteiger partial charge on any atom is -0.396 e. The summed E-state index contributed by atoms with van der Waals surface area (Å²) >= 11 is 0. The van der Waals surface area contributed by atoms with Crippen LogP contribution >= 0.6 is 0 Å². The molecule has 1 N–H and O–H groups in total. The zero-order valence-corrected chi connectivity index (χ0v) is 8.46. The Morgan fingerprint density at radius 1 is 1.43 bits per heavy atom. The molecule has 2 heteroatoms. The fraction of sp³-hybridized carbons (Fsp3) is 0.417. The quantitative estimate of drug-likeness (QED) is 0.783. The summed E-state index contributed by atoms with van der Waals surface area (Å²) in [4.78, 5) is 0. The molecule has 0 saturated heterocycles. The summed E-state index contributed by atoms with van der Waals surface area (Å²) < 4.78 is 13.1. The molecule has 1 atom stereocenters. The van der Waals surface area contributed by atoms with E-state index in [-0.39, 0.29) is 18.3 Å². The molecule has 0 amide bonds. The Morgan fingerprint density at radius 2 is 2.14 bits per heavy atom. The summed E-state index contributed by atoms with van der Waals surface area (Å²) in [5.41, 5.74) is 1.75. The molecule has 1 radical (unpaired) electrons. The average molecular weight is 195 g/mol. The van der Waals surface area contributed by atoms with Crippen molar-refractivity contribution in [3.05, 3.63) is 42.1 Å². The Balaban J connectivity index is 2.94. The summed E-state index contributed by atoms with van der Waals surface area (Å²) in [7, 11) is 0. The van der Waals surface area contributed by atoms with Crippen LogP contribution in [0.1, 0.15) is 30.4 Å². The maximum absolute atomic E-state index is 13.1. The third kappa shape index (κ3) is 2.81. The molecule has 1 rings (SSSR count). The highest BCUT2D eigenvalue weighted by molar-refractivity contribution is 5.28. The molecule has 1 aromatic carbocycles. The lowest BCUT2D eigenvalue weighted by atomic mass is 9.98. The van der Waals surface area contributed by atoms with Gasteiger partial charge in [0.25, 0.3) is 0 Å². The van der Waals surface area contributed by atoms with Crippen molar-refractivity contribution in [2.45, 2.75) is 25.7 Å². The molecular formula is C12H16FO. The van der Waals surface area contributed by atoms with Gasteiger partial charge in [0, 0.05) is 12.5 Å². The number of aryl methyl sites for hydroxylation is 1. The summed E-state index contributed by atoms with van der Waals surface area (Å²) in [6.07, 6.45) is 1.85. The molecule has 0 aliphatic heterocycles. The van der Waals surface area contributed by atoms with Gasteiger partial charge in [0.1, 0.15) is 5.82 Å². The molecule has 14 heavy (non-hydrogen) atoms. The first-order valence-corrected chi connectivity index (χ1v) is 4.90. The smallest absolute Gasteiger partial charge is 0.123 e. The van der Waals surface area contributed by atoms with Crippen LogP contribution < -0.4 is 0 Å². The molecule has 0 aromatic heterocycles. The first kappa shape index (κ1) is 11.2. The maximum atomic E-state index is 13.1. The number of hydrogen-bond acceptors (Lipinski definition) is 1. The largest absolute Gasteiger partial charge is 0.396 e. The summed E-state index contributed by atoms with van der Waals surface area (Å²) in [5.74, 6) is -0.477. The van der Waals surface area contributed by atoms with Crippen molar-refractivity contribution in [1.82, 2.24) is 0 Å². The van der Waals surface area contributed by atoms with E-state index in [0.717, 1.165) is 24.0 Å². The second-order valence-corrected chi connectivity index (χ2v) is 3.52. The van der Waals surface area contributed by atoms with E-state index in [9.17, 15) is 4.39 Å². The SMILES string of the molecule is [CH2]C(CO)c1cc(F)cc(CCC)c1. The number of hydrogen-bond donors (Lipinski definition) is 1. The molecule has 0 spiro atoms. The van der Waals surface area contributed by atoms with Gasteiger partial charge in [0.15, 0.2) is 0 Å². The van der Waals surface area contributed by atoms with E-state index in [4.69, 9.17) is 5.11 Å². The van der Waals surface area contributed by atoms with Crippen molar-refractivity contribution in [2.75, 3.05) is 6.61 Å². The van der Waals surface area contributed by atoms with E-state index in [1.807, 2.05) is 6.07 Å². The number of benzene rings is 1. The Bertz CT molecular complexity index is 296. The second-order valence-electron chi connectivity index (χ2n) is 3.52. The van der Waals surface area contributed by atoms with Crippen LogP contribution in [0.3, 0.4) is 0 Å². The van der Waals surface area contributed by atoms with E-state index in [0.29, 0.717) is 0 Å². The lowest BCUT2D eigenvalue weighted by Gasteiger charge is -2.10. The summed E-state index contributed by atoms with van der Waals surface area (Å²) in [6.45, 7) is 5.76. The minimum atomic E-state index is -0.243. The topological polar surface area (TPSA) is 20.2 Å². The first-order chi connectivity index (χ1) is 6.67.